The Hall–Kier alpha value is -4.69. The second kappa shape index (κ2) is 10.1. The first kappa shape index (κ1) is 22.1. The molecule has 0 spiro atoms. The summed E-state index contributed by atoms with van der Waals surface area (Å²) in [5, 5.41) is 8.04. The Kier molecular flexibility index (Phi) is 6.36. The summed E-state index contributed by atoms with van der Waals surface area (Å²) in [7, 11) is 0. The summed E-state index contributed by atoms with van der Waals surface area (Å²) in [5.74, 6) is 0.0176. The fraction of sp³-hybridized carbons (Fsp3) is 0. The third-order valence-electron chi connectivity index (χ3n) is 4.53. The summed E-state index contributed by atoms with van der Waals surface area (Å²) in [6.45, 7) is 0. The Morgan fingerprint density at radius 1 is 0.743 bits per heavy atom. The van der Waals surface area contributed by atoms with Crippen molar-refractivity contribution in [3.63, 3.8) is 0 Å². The lowest BCUT2D eigenvalue weighted by Gasteiger charge is -2.27. The molecule has 5 aromatic rings. The Bertz CT molecular complexity index is 1380. The summed E-state index contributed by atoms with van der Waals surface area (Å²) < 4.78 is 0. The SMILES string of the molecule is NC(=O)c1cc(N(Nc2nccs2)c2ncccn2)ccc1N(Nc1nccs1)c1ncccn1. The van der Waals surface area contributed by atoms with Gasteiger partial charge in [-0.2, -0.15) is 0 Å². The molecule has 0 unspecified atom stereocenters. The molecule has 0 aliphatic rings. The van der Waals surface area contributed by atoms with Crippen LogP contribution in [0.5, 0.6) is 0 Å². The lowest BCUT2D eigenvalue weighted by molar-refractivity contribution is 0.100. The first-order valence-electron chi connectivity index (χ1n) is 10.1. The topological polar surface area (TPSA) is 151 Å². The second-order valence-corrected chi connectivity index (χ2v) is 8.52. The molecule has 4 N–H and O–H groups in total. The third kappa shape index (κ3) is 4.97. The van der Waals surface area contributed by atoms with Crippen molar-refractivity contribution < 1.29 is 4.79 Å². The predicted molar refractivity (Wildman–Crippen MR) is 135 cm³/mol. The van der Waals surface area contributed by atoms with Crippen LogP contribution in [0.1, 0.15) is 10.4 Å². The van der Waals surface area contributed by atoms with Gasteiger partial charge in [0.2, 0.25) is 22.2 Å². The van der Waals surface area contributed by atoms with E-state index in [1.165, 1.54) is 22.7 Å². The fourth-order valence-corrected chi connectivity index (χ4v) is 4.10. The maximum absolute atomic E-state index is 12.6. The minimum atomic E-state index is -0.646. The van der Waals surface area contributed by atoms with Crippen molar-refractivity contribution in [2.24, 2.45) is 5.73 Å². The fourth-order valence-electron chi connectivity index (χ4n) is 3.07. The molecule has 0 atom stereocenters. The number of hydrogen-bond donors (Lipinski definition) is 3. The van der Waals surface area contributed by atoms with Crippen LogP contribution in [0.4, 0.5) is 33.5 Å². The van der Waals surface area contributed by atoms with E-state index in [4.69, 9.17) is 5.73 Å². The molecule has 4 heterocycles. The number of rotatable bonds is 9. The zero-order valence-corrected chi connectivity index (χ0v) is 19.5. The number of aromatic nitrogens is 6. The summed E-state index contributed by atoms with van der Waals surface area (Å²) in [4.78, 5) is 38.4. The van der Waals surface area contributed by atoms with Crippen LogP contribution in [0.25, 0.3) is 0 Å². The average molecular weight is 504 g/mol. The molecule has 35 heavy (non-hydrogen) atoms. The molecule has 0 radical (unpaired) electrons. The minimum Gasteiger partial charge on any atom is -0.366 e. The smallest absolute Gasteiger partial charge is 0.250 e. The lowest BCUT2D eigenvalue weighted by atomic mass is 10.1. The largest absolute Gasteiger partial charge is 0.366 e. The monoisotopic (exact) mass is 503 g/mol. The molecule has 0 saturated carbocycles. The van der Waals surface area contributed by atoms with Crippen molar-refractivity contribution >= 4 is 62.1 Å². The van der Waals surface area contributed by atoms with Gasteiger partial charge in [-0.25, -0.2) is 39.9 Å². The van der Waals surface area contributed by atoms with Gasteiger partial charge in [-0.05, 0) is 30.3 Å². The molecule has 0 aliphatic heterocycles. The number of thiazole rings is 2. The van der Waals surface area contributed by atoms with Gasteiger partial charge in [0.25, 0.3) is 5.91 Å². The molecule has 5 rings (SSSR count). The van der Waals surface area contributed by atoms with Gasteiger partial charge in [0.05, 0.1) is 16.9 Å². The van der Waals surface area contributed by atoms with Crippen LogP contribution in [-0.2, 0) is 0 Å². The molecule has 12 nitrogen and oxygen atoms in total. The molecule has 1 amide bonds. The normalized spacial score (nSPS) is 10.5. The van der Waals surface area contributed by atoms with Gasteiger partial charge in [-0.3, -0.25) is 15.6 Å². The molecule has 1 aromatic carbocycles. The molecular formula is C21H17N11OS2. The van der Waals surface area contributed by atoms with Crippen LogP contribution >= 0.6 is 22.7 Å². The van der Waals surface area contributed by atoms with E-state index in [1.54, 1.807) is 77.5 Å². The van der Waals surface area contributed by atoms with E-state index >= 15 is 0 Å². The van der Waals surface area contributed by atoms with Crippen molar-refractivity contribution in [2.45, 2.75) is 0 Å². The highest BCUT2D eigenvalue weighted by Crippen LogP contribution is 2.33. The van der Waals surface area contributed by atoms with E-state index in [-0.39, 0.29) is 5.56 Å². The number of nitrogens with zero attached hydrogens (tertiary/aromatic N) is 8. The van der Waals surface area contributed by atoms with E-state index in [0.29, 0.717) is 33.5 Å². The Balaban J connectivity index is 1.59. The van der Waals surface area contributed by atoms with E-state index in [1.807, 2.05) is 10.8 Å². The van der Waals surface area contributed by atoms with Gasteiger partial charge >= 0.3 is 0 Å². The maximum Gasteiger partial charge on any atom is 0.250 e. The maximum atomic E-state index is 12.6. The molecular weight excluding hydrogens is 486 g/mol. The Morgan fingerprint density at radius 3 is 1.80 bits per heavy atom. The summed E-state index contributed by atoms with van der Waals surface area (Å²) in [5.41, 5.74) is 13.4. The van der Waals surface area contributed by atoms with Crippen molar-refractivity contribution in [3.8, 4) is 0 Å². The number of carbonyl (C=O) groups is 1. The van der Waals surface area contributed by atoms with Crippen LogP contribution in [0.3, 0.4) is 0 Å². The van der Waals surface area contributed by atoms with Crippen LogP contribution in [-0.4, -0.2) is 35.8 Å². The number of carbonyl (C=O) groups excluding carboxylic acids is 1. The zero-order valence-electron chi connectivity index (χ0n) is 17.9. The Morgan fingerprint density at radius 2 is 1.29 bits per heavy atom. The number of amides is 1. The van der Waals surface area contributed by atoms with Gasteiger partial charge in [-0.1, -0.05) is 0 Å². The molecule has 4 aromatic heterocycles. The van der Waals surface area contributed by atoms with E-state index < -0.39 is 5.91 Å². The van der Waals surface area contributed by atoms with Gasteiger partial charge in [0.1, 0.15) is 0 Å². The highest BCUT2D eigenvalue weighted by molar-refractivity contribution is 7.13. The van der Waals surface area contributed by atoms with Crippen molar-refractivity contribution in [2.75, 3.05) is 20.9 Å². The molecule has 0 aliphatic carbocycles. The minimum absolute atomic E-state index is 0.209. The van der Waals surface area contributed by atoms with Crippen molar-refractivity contribution in [1.82, 2.24) is 29.9 Å². The second-order valence-electron chi connectivity index (χ2n) is 6.73. The molecule has 174 valence electrons. The van der Waals surface area contributed by atoms with Gasteiger partial charge in [0.15, 0.2) is 0 Å². The molecule has 0 bridgehead atoms. The quantitative estimate of drug-likeness (QED) is 0.253. The highest BCUT2D eigenvalue weighted by atomic mass is 32.1. The lowest BCUT2D eigenvalue weighted by Crippen LogP contribution is -2.30. The van der Waals surface area contributed by atoms with Crippen LogP contribution in [0.15, 0.2) is 78.3 Å². The first-order chi connectivity index (χ1) is 17.2. The standard InChI is InChI=1S/C21H17N11OS2/c22-17(33)15-13-14(31(18-23-5-1-6-24-18)29-20-27-9-11-34-20)3-4-16(15)32(19-25-7-2-8-26-19)30-21-28-10-12-35-21/h1-13H,(H2,22,33)(H,27,29)(H,28,30). The predicted octanol–water partition coefficient (Wildman–Crippen LogP) is 3.61. The highest BCUT2D eigenvalue weighted by Gasteiger charge is 2.23. The molecule has 0 fully saturated rings. The number of benzene rings is 1. The Labute approximate surface area is 207 Å². The van der Waals surface area contributed by atoms with Gasteiger partial charge in [-0.15, -0.1) is 22.7 Å². The van der Waals surface area contributed by atoms with Gasteiger partial charge < -0.3 is 5.73 Å². The summed E-state index contributed by atoms with van der Waals surface area (Å²) in [6.07, 6.45) is 9.78. The number of anilines is 6. The number of nitrogens with one attached hydrogen (secondary N) is 2. The number of hydrogen-bond acceptors (Lipinski definition) is 13. The summed E-state index contributed by atoms with van der Waals surface area (Å²) >= 11 is 2.79. The van der Waals surface area contributed by atoms with Crippen molar-refractivity contribution in [1.29, 1.82) is 0 Å². The number of primary amides is 1. The average Bonchev–Trinajstić information content (AvgIpc) is 3.61. The number of hydrazine groups is 2. The molecule has 14 heteroatoms. The molecule has 0 saturated heterocycles. The third-order valence-corrected chi connectivity index (χ3v) is 5.88. The van der Waals surface area contributed by atoms with Crippen LogP contribution in [0, 0.1) is 0 Å². The zero-order chi connectivity index (χ0) is 24.0. The number of nitrogens with two attached hydrogens (primary N) is 1. The van der Waals surface area contributed by atoms with Gasteiger partial charge in [0, 0.05) is 47.9 Å². The van der Waals surface area contributed by atoms with E-state index in [9.17, 15) is 4.79 Å². The first-order valence-corrected chi connectivity index (χ1v) is 11.9. The van der Waals surface area contributed by atoms with Crippen LogP contribution < -0.4 is 26.6 Å². The summed E-state index contributed by atoms with van der Waals surface area (Å²) in [6, 6.07) is 8.56. The van der Waals surface area contributed by atoms with E-state index in [2.05, 4.69) is 40.8 Å². The van der Waals surface area contributed by atoms with Crippen LogP contribution in [0.2, 0.25) is 0 Å². The van der Waals surface area contributed by atoms with E-state index in [0.717, 1.165) is 0 Å². The van der Waals surface area contributed by atoms with Crippen molar-refractivity contribution in [3.05, 3.63) is 83.8 Å².